The highest BCUT2D eigenvalue weighted by Gasteiger charge is 2.31. The molecule has 0 saturated heterocycles. The lowest BCUT2D eigenvalue weighted by atomic mass is 10.0. The van der Waals surface area contributed by atoms with Crippen molar-refractivity contribution in [2.75, 3.05) is 0 Å². The number of rotatable bonds is 4. The molecule has 140 valence electrons. The van der Waals surface area contributed by atoms with Crippen LogP contribution in [0.2, 0.25) is 0 Å². The second-order valence-corrected chi connectivity index (χ2v) is 5.76. The molecule has 2 heterocycles. The van der Waals surface area contributed by atoms with E-state index >= 15 is 0 Å². The lowest BCUT2D eigenvalue weighted by molar-refractivity contribution is -0.137. The minimum atomic E-state index is -4.66. The van der Waals surface area contributed by atoms with Crippen LogP contribution in [-0.4, -0.2) is 20.7 Å². The van der Waals surface area contributed by atoms with Crippen LogP contribution in [0.15, 0.2) is 47.5 Å². The van der Waals surface area contributed by atoms with Gasteiger partial charge in [-0.1, -0.05) is 0 Å². The van der Waals surface area contributed by atoms with Crippen molar-refractivity contribution in [1.82, 2.24) is 14.8 Å². The SMILES string of the molecule is NC(=O)c1cn(-c2cc(Cc3cc(F)cc(C(F)(F)F)c3)ccn2)[nH]c1=O. The molecule has 10 heteroatoms. The van der Waals surface area contributed by atoms with Gasteiger partial charge in [0.1, 0.15) is 11.4 Å². The Labute approximate surface area is 149 Å². The number of hydrogen-bond acceptors (Lipinski definition) is 3. The van der Waals surface area contributed by atoms with E-state index in [1.54, 1.807) is 0 Å². The summed E-state index contributed by atoms with van der Waals surface area (Å²) in [7, 11) is 0. The first-order valence-electron chi connectivity index (χ1n) is 7.57. The fraction of sp³-hybridized carbons (Fsp3) is 0.118. The minimum absolute atomic E-state index is 0.00450. The summed E-state index contributed by atoms with van der Waals surface area (Å²) in [5.74, 6) is -1.69. The van der Waals surface area contributed by atoms with Crippen LogP contribution in [0.5, 0.6) is 0 Å². The largest absolute Gasteiger partial charge is 0.416 e. The van der Waals surface area contributed by atoms with E-state index in [0.717, 1.165) is 12.1 Å². The Hall–Kier alpha value is -3.43. The predicted molar refractivity (Wildman–Crippen MR) is 86.9 cm³/mol. The third kappa shape index (κ3) is 4.05. The number of pyridine rings is 1. The maximum Gasteiger partial charge on any atom is 0.416 e. The zero-order valence-electron chi connectivity index (χ0n) is 13.5. The summed E-state index contributed by atoms with van der Waals surface area (Å²) in [6.45, 7) is 0. The smallest absolute Gasteiger partial charge is 0.365 e. The summed E-state index contributed by atoms with van der Waals surface area (Å²) in [6, 6.07) is 5.33. The van der Waals surface area contributed by atoms with E-state index in [2.05, 4.69) is 10.1 Å². The highest BCUT2D eigenvalue weighted by molar-refractivity contribution is 5.92. The Morgan fingerprint density at radius 2 is 1.93 bits per heavy atom. The molecule has 1 aromatic carbocycles. The monoisotopic (exact) mass is 380 g/mol. The van der Waals surface area contributed by atoms with Crippen LogP contribution in [-0.2, 0) is 12.6 Å². The molecule has 0 saturated carbocycles. The zero-order chi connectivity index (χ0) is 19.8. The summed E-state index contributed by atoms with van der Waals surface area (Å²) in [5.41, 5.74) is 3.69. The van der Waals surface area contributed by atoms with Crippen LogP contribution >= 0.6 is 0 Å². The van der Waals surface area contributed by atoms with E-state index in [9.17, 15) is 27.2 Å². The fourth-order valence-corrected chi connectivity index (χ4v) is 2.54. The van der Waals surface area contributed by atoms with Gasteiger partial charge in [0.2, 0.25) is 0 Å². The van der Waals surface area contributed by atoms with Crippen molar-refractivity contribution >= 4 is 5.91 Å². The third-order valence-corrected chi connectivity index (χ3v) is 3.74. The average Bonchev–Trinajstić information content (AvgIpc) is 2.96. The quantitative estimate of drug-likeness (QED) is 0.681. The van der Waals surface area contributed by atoms with Crippen molar-refractivity contribution in [3.8, 4) is 5.82 Å². The lowest BCUT2D eigenvalue weighted by Crippen LogP contribution is -2.19. The van der Waals surface area contributed by atoms with Crippen molar-refractivity contribution in [3.63, 3.8) is 0 Å². The number of aromatic nitrogens is 3. The molecule has 0 fully saturated rings. The number of amides is 1. The molecule has 6 nitrogen and oxygen atoms in total. The van der Waals surface area contributed by atoms with Gasteiger partial charge < -0.3 is 5.73 Å². The normalized spacial score (nSPS) is 11.6. The second-order valence-electron chi connectivity index (χ2n) is 5.76. The number of alkyl halides is 3. The molecule has 3 aromatic rings. The number of primary amides is 1. The first-order chi connectivity index (χ1) is 12.6. The minimum Gasteiger partial charge on any atom is -0.365 e. The number of nitrogens with two attached hydrogens (primary N) is 1. The molecule has 0 bridgehead atoms. The molecule has 0 aliphatic rings. The number of carbonyl (C=O) groups excluding carboxylic acids is 1. The van der Waals surface area contributed by atoms with Crippen molar-refractivity contribution in [3.05, 3.63) is 81.2 Å². The summed E-state index contributed by atoms with van der Waals surface area (Å²) >= 11 is 0. The van der Waals surface area contributed by atoms with Crippen molar-refractivity contribution in [1.29, 1.82) is 0 Å². The topological polar surface area (TPSA) is 93.8 Å². The van der Waals surface area contributed by atoms with Crippen LogP contribution in [0.4, 0.5) is 17.6 Å². The van der Waals surface area contributed by atoms with Gasteiger partial charge in [0.05, 0.1) is 5.56 Å². The van der Waals surface area contributed by atoms with Crippen LogP contribution in [0.1, 0.15) is 27.0 Å². The van der Waals surface area contributed by atoms with Gasteiger partial charge >= 0.3 is 6.18 Å². The molecule has 1 amide bonds. The van der Waals surface area contributed by atoms with E-state index in [1.165, 1.54) is 29.2 Å². The van der Waals surface area contributed by atoms with Gasteiger partial charge in [-0.25, -0.2) is 14.1 Å². The summed E-state index contributed by atoms with van der Waals surface area (Å²) in [4.78, 5) is 26.8. The highest BCUT2D eigenvalue weighted by Crippen LogP contribution is 2.31. The van der Waals surface area contributed by atoms with Gasteiger partial charge in [-0.2, -0.15) is 13.2 Å². The van der Waals surface area contributed by atoms with Crippen molar-refractivity contribution < 1.29 is 22.4 Å². The van der Waals surface area contributed by atoms with Gasteiger partial charge in [-0.05, 0) is 47.9 Å². The maximum absolute atomic E-state index is 13.5. The van der Waals surface area contributed by atoms with E-state index in [0.29, 0.717) is 11.6 Å². The third-order valence-electron chi connectivity index (χ3n) is 3.74. The summed E-state index contributed by atoms with van der Waals surface area (Å²) < 4.78 is 53.2. The molecule has 0 unspecified atom stereocenters. The van der Waals surface area contributed by atoms with E-state index in [-0.39, 0.29) is 23.4 Å². The van der Waals surface area contributed by atoms with E-state index < -0.39 is 29.0 Å². The number of hydrogen-bond donors (Lipinski definition) is 2. The molecule has 0 aliphatic carbocycles. The first kappa shape index (κ1) is 18.4. The molecule has 0 spiro atoms. The first-order valence-corrected chi connectivity index (χ1v) is 7.57. The van der Waals surface area contributed by atoms with Crippen molar-refractivity contribution in [2.45, 2.75) is 12.6 Å². The van der Waals surface area contributed by atoms with Gasteiger partial charge in [-0.3, -0.25) is 14.7 Å². The van der Waals surface area contributed by atoms with Gasteiger partial charge in [0.15, 0.2) is 5.82 Å². The number of halogens is 4. The molecule has 2 aromatic heterocycles. The van der Waals surface area contributed by atoms with Gasteiger partial charge in [0.25, 0.3) is 11.5 Å². The standard InChI is InChI=1S/C17H12F4N4O2/c18-12-5-10(4-11(7-12)17(19,20)21)3-9-1-2-23-14(6-9)25-8-13(15(22)26)16(27)24-25/h1-2,4-8H,3H2,(H2,22,26)(H,24,27). The number of nitrogens with one attached hydrogen (secondary N) is 1. The Kier molecular flexibility index (Phi) is 4.56. The van der Waals surface area contributed by atoms with Gasteiger partial charge in [-0.15, -0.1) is 0 Å². The molecular formula is C17H12F4N4O2. The Balaban J connectivity index is 1.93. The fourth-order valence-electron chi connectivity index (χ4n) is 2.54. The number of carbonyl (C=O) groups is 1. The number of nitrogens with zero attached hydrogens (tertiary/aromatic N) is 2. The molecule has 0 aliphatic heterocycles. The summed E-state index contributed by atoms with van der Waals surface area (Å²) in [5, 5.41) is 2.36. The van der Waals surface area contributed by atoms with E-state index in [1.807, 2.05) is 0 Å². The lowest BCUT2D eigenvalue weighted by Gasteiger charge is -2.10. The number of aromatic amines is 1. The summed E-state index contributed by atoms with van der Waals surface area (Å²) in [6.07, 6.45) is -2.11. The van der Waals surface area contributed by atoms with Crippen LogP contribution in [0.3, 0.4) is 0 Å². The Bertz CT molecular complexity index is 1070. The maximum atomic E-state index is 13.5. The molecule has 3 rings (SSSR count). The molecule has 3 N–H and O–H groups in total. The molecule has 0 radical (unpaired) electrons. The zero-order valence-corrected chi connectivity index (χ0v) is 13.5. The molecule has 27 heavy (non-hydrogen) atoms. The van der Waals surface area contributed by atoms with Crippen LogP contribution in [0, 0.1) is 5.82 Å². The Morgan fingerprint density at radius 3 is 2.56 bits per heavy atom. The Morgan fingerprint density at radius 1 is 1.19 bits per heavy atom. The van der Waals surface area contributed by atoms with E-state index in [4.69, 9.17) is 5.73 Å². The van der Waals surface area contributed by atoms with Crippen molar-refractivity contribution in [2.24, 2.45) is 5.73 Å². The average molecular weight is 380 g/mol. The van der Waals surface area contributed by atoms with Crippen LogP contribution < -0.4 is 11.3 Å². The second kappa shape index (κ2) is 6.71. The molecular weight excluding hydrogens is 368 g/mol. The number of H-pyrrole nitrogens is 1. The highest BCUT2D eigenvalue weighted by atomic mass is 19.4. The number of benzene rings is 1. The van der Waals surface area contributed by atoms with Gasteiger partial charge in [0, 0.05) is 12.4 Å². The molecule has 0 atom stereocenters. The van der Waals surface area contributed by atoms with Crippen LogP contribution in [0.25, 0.3) is 5.82 Å². The predicted octanol–water partition coefficient (Wildman–Crippen LogP) is 2.41.